The fourth-order valence-corrected chi connectivity index (χ4v) is 0.988. The van der Waals surface area contributed by atoms with Crippen molar-refractivity contribution in [3.8, 4) is 0 Å². The van der Waals surface area contributed by atoms with Crippen LogP contribution in [0.4, 0.5) is 0 Å². The second kappa shape index (κ2) is 4.55. The fourth-order valence-electron chi connectivity index (χ4n) is 0.594. The summed E-state index contributed by atoms with van der Waals surface area (Å²) in [4.78, 5) is -1.25. The molecule has 0 rings (SSSR count). The molecule has 3 heteroatoms. The van der Waals surface area contributed by atoms with E-state index in [-0.39, 0.29) is 0 Å². The van der Waals surface area contributed by atoms with Crippen LogP contribution in [-0.4, -0.2) is 14.6 Å². The Morgan fingerprint density at radius 3 is 1.80 bits per heavy atom. The predicted octanol–water partition coefficient (Wildman–Crippen LogP) is 2.03. The number of aliphatic hydroxyl groups is 1. The molecule has 2 nitrogen and oxygen atoms in total. The second-order valence-corrected chi connectivity index (χ2v) is 2.68. The molecule has 0 aliphatic carbocycles. The summed E-state index contributed by atoms with van der Waals surface area (Å²) in [6.45, 7) is 3.56. The quantitative estimate of drug-likeness (QED) is 0.377. The van der Waals surface area contributed by atoms with Gasteiger partial charge in [-0.25, -0.2) is 0 Å². The van der Waals surface area contributed by atoms with Gasteiger partial charge in [0.15, 0.2) is 4.93 Å². The van der Waals surface area contributed by atoms with Crippen LogP contribution < -0.4 is 0 Å². The van der Waals surface area contributed by atoms with Gasteiger partial charge in [-0.15, -0.1) is 0 Å². The Bertz CT molecular complexity index is 129. The molecule has 0 saturated heterocycles. The lowest BCUT2D eigenvalue weighted by molar-refractivity contribution is 0.230. The lowest BCUT2D eigenvalue weighted by Crippen LogP contribution is -2.16. The number of hydrogen-bond acceptors (Lipinski definition) is 3. The van der Waals surface area contributed by atoms with Gasteiger partial charge in [0.1, 0.15) is 0 Å². The molecule has 0 radical (unpaired) electrons. The van der Waals surface area contributed by atoms with Crippen LogP contribution in [0.25, 0.3) is 0 Å². The van der Waals surface area contributed by atoms with Gasteiger partial charge in [-0.3, -0.25) is 0 Å². The summed E-state index contributed by atoms with van der Waals surface area (Å²) in [5, 5.41) is 9.36. The van der Waals surface area contributed by atoms with Crippen LogP contribution in [0.2, 0.25) is 0 Å². The SMILES string of the molecule is CC=CC(O)(C=CC)SO. The van der Waals surface area contributed by atoms with Crippen molar-refractivity contribution in [3.05, 3.63) is 24.3 Å². The van der Waals surface area contributed by atoms with Gasteiger partial charge in [0.2, 0.25) is 0 Å². The zero-order chi connectivity index (χ0) is 8.04. The Labute approximate surface area is 65.5 Å². The van der Waals surface area contributed by atoms with Crippen LogP contribution in [0.3, 0.4) is 0 Å². The van der Waals surface area contributed by atoms with Gasteiger partial charge >= 0.3 is 0 Å². The molecule has 0 atom stereocenters. The highest BCUT2D eigenvalue weighted by atomic mass is 32.2. The van der Waals surface area contributed by atoms with Crippen molar-refractivity contribution in [3.63, 3.8) is 0 Å². The first-order chi connectivity index (χ1) is 4.68. The van der Waals surface area contributed by atoms with Crippen molar-refractivity contribution >= 4 is 12.0 Å². The van der Waals surface area contributed by atoms with Gasteiger partial charge in [0.05, 0.1) is 0 Å². The third kappa shape index (κ3) is 3.06. The molecular formula is C7H12O2S. The van der Waals surface area contributed by atoms with E-state index < -0.39 is 4.93 Å². The molecule has 0 aromatic carbocycles. The van der Waals surface area contributed by atoms with Crippen LogP contribution >= 0.6 is 12.0 Å². The molecule has 58 valence electrons. The molecule has 10 heavy (non-hydrogen) atoms. The van der Waals surface area contributed by atoms with Gasteiger partial charge in [0.25, 0.3) is 0 Å². The standard InChI is InChI=1S/C7H12O2S/c1-3-5-7(8,10-9)6-4-2/h3-6,8-9H,1-2H3. The Morgan fingerprint density at radius 1 is 1.20 bits per heavy atom. The lowest BCUT2D eigenvalue weighted by Gasteiger charge is -2.14. The summed E-state index contributed by atoms with van der Waals surface area (Å²) in [7, 11) is 0. The minimum atomic E-state index is -1.25. The highest BCUT2D eigenvalue weighted by molar-refractivity contribution is 7.95. The molecule has 0 unspecified atom stereocenters. The van der Waals surface area contributed by atoms with Gasteiger partial charge in [-0.05, 0) is 26.0 Å². The second-order valence-electron chi connectivity index (χ2n) is 1.84. The fraction of sp³-hybridized carbons (Fsp3) is 0.429. The van der Waals surface area contributed by atoms with E-state index in [0.717, 1.165) is 0 Å². The predicted molar refractivity (Wildman–Crippen MR) is 44.8 cm³/mol. The highest BCUT2D eigenvalue weighted by Gasteiger charge is 2.18. The Balaban J connectivity index is 4.22. The van der Waals surface area contributed by atoms with E-state index in [4.69, 9.17) is 4.55 Å². The lowest BCUT2D eigenvalue weighted by atomic mass is 10.3. The smallest absolute Gasteiger partial charge is 0.172 e. The average molecular weight is 160 g/mol. The molecule has 0 aromatic heterocycles. The molecule has 0 aromatic rings. The van der Waals surface area contributed by atoms with E-state index in [9.17, 15) is 5.11 Å². The number of allylic oxidation sites excluding steroid dienone is 2. The van der Waals surface area contributed by atoms with Crippen molar-refractivity contribution in [2.75, 3.05) is 0 Å². The molecule has 0 saturated carbocycles. The molecule has 0 aliphatic rings. The first-order valence-electron chi connectivity index (χ1n) is 3.01. The van der Waals surface area contributed by atoms with Gasteiger partial charge < -0.3 is 9.66 Å². The topological polar surface area (TPSA) is 40.5 Å². The summed E-state index contributed by atoms with van der Waals surface area (Å²) in [6, 6.07) is 0. The van der Waals surface area contributed by atoms with E-state index in [1.807, 2.05) is 0 Å². The molecule has 0 bridgehead atoms. The zero-order valence-corrected chi connectivity index (χ0v) is 6.93. The summed E-state index contributed by atoms with van der Waals surface area (Å²) >= 11 is 0.403. The largest absolute Gasteiger partial charge is 0.370 e. The van der Waals surface area contributed by atoms with Gasteiger partial charge in [-0.2, -0.15) is 0 Å². The Kier molecular flexibility index (Phi) is 4.43. The van der Waals surface area contributed by atoms with Crippen LogP contribution in [-0.2, 0) is 0 Å². The van der Waals surface area contributed by atoms with E-state index in [2.05, 4.69) is 0 Å². The van der Waals surface area contributed by atoms with Crippen molar-refractivity contribution < 1.29 is 9.66 Å². The summed E-state index contributed by atoms with van der Waals surface area (Å²) in [5.41, 5.74) is 0. The molecule has 0 amide bonds. The van der Waals surface area contributed by atoms with E-state index >= 15 is 0 Å². The van der Waals surface area contributed by atoms with Crippen molar-refractivity contribution in [1.29, 1.82) is 0 Å². The van der Waals surface area contributed by atoms with Crippen LogP contribution in [0, 0.1) is 0 Å². The molecule has 0 fully saturated rings. The summed E-state index contributed by atoms with van der Waals surface area (Å²) < 4.78 is 8.61. The van der Waals surface area contributed by atoms with Gasteiger partial charge in [0, 0.05) is 12.0 Å². The van der Waals surface area contributed by atoms with Crippen LogP contribution in [0.5, 0.6) is 0 Å². The van der Waals surface area contributed by atoms with Crippen molar-refractivity contribution in [2.24, 2.45) is 0 Å². The Hall–Kier alpha value is -0.250. The van der Waals surface area contributed by atoms with Crippen molar-refractivity contribution in [1.82, 2.24) is 0 Å². The van der Waals surface area contributed by atoms with Crippen molar-refractivity contribution in [2.45, 2.75) is 18.8 Å². The molecule has 0 heterocycles. The molecule has 0 aliphatic heterocycles. The molecule has 2 N–H and O–H groups in total. The van der Waals surface area contributed by atoms with E-state index in [1.165, 1.54) is 12.2 Å². The maximum absolute atomic E-state index is 9.36. The minimum absolute atomic E-state index is 0.403. The van der Waals surface area contributed by atoms with Crippen LogP contribution in [0.1, 0.15) is 13.8 Å². The molecular weight excluding hydrogens is 148 g/mol. The monoisotopic (exact) mass is 160 g/mol. The normalized spacial score (nSPS) is 18.4. The number of rotatable bonds is 3. The van der Waals surface area contributed by atoms with Gasteiger partial charge in [-0.1, -0.05) is 12.2 Å². The average Bonchev–Trinajstić information content (AvgIpc) is 1.89. The first kappa shape index (κ1) is 9.75. The summed E-state index contributed by atoms with van der Waals surface area (Å²) in [5.74, 6) is 0. The highest BCUT2D eigenvalue weighted by Crippen LogP contribution is 2.21. The minimum Gasteiger partial charge on any atom is -0.370 e. The van der Waals surface area contributed by atoms with E-state index in [1.54, 1.807) is 26.0 Å². The summed E-state index contributed by atoms with van der Waals surface area (Å²) in [6.07, 6.45) is 6.39. The third-order valence-corrected chi connectivity index (χ3v) is 1.52. The Morgan fingerprint density at radius 2 is 1.60 bits per heavy atom. The first-order valence-corrected chi connectivity index (χ1v) is 3.78. The van der Waals surface area contributed by atoms with Crippen LogP contribution in [0.15, 0.2) is 24.3 Å². The zero-order valence-electron chi connectivity index (χ0n) is 6.11. The van der Waals surface area contributed by atoms with E-state index in [0.29, 0.717) is 12.0 Å². The maximum Gasteiger partial charge on any atom is 0.172 e. The molecule has 0 spiro atoms. The third-order valence-electron chi connectivity index (χ3n) is 0.957. The maximum atomic E-state index is 9.36. The number of hydrogen-bond donors (Lipinski definition) is 2.